The Morgan fingerprint density at radius 1 is 1.10 bits per heavy atom. The van der Waals surface area contributed by atoms with Crippen LogP contribution in [-0.2, 0) is 0 Å². The summed E-state index contributed by atoms with van der Waals surface area (Å²) in [6.07, 6.45) is 4.84. The highest BCUT2D eigenvalue weighted by atomic mass is 32.1. The Balaban J connectivity index is 1.54. The molecule has 0 radical (unpaired) electrons. The number of pyridine rings is 1. The number of hydrogen-bond acceptors (Lipinski definition) is 8. The van der Waals surface area contributed by atoms with Gasteiger partial charge in [0.1, 0.15) is 16.1 Å². The number of nitro groups is 1. The number of nitro benzene ring substituents is 1. The summed E-state index contributed by atoms with van der Waals surface area (Å²) in [5.41, 5.74) is 0.775. The van der Waals surface area contributed by atoms with Gasteiger partial charge in [0, 0.05) is 30.1 Å². The molecule has 0 amide bonds. The molecule has 30 heavy (non-hydrogen) atoms. The van der Waals surface area contributed by atoms with E-state index in [4.69, 9.17) is 4.42 Å². The molecule has 0 spiro atoms. The summed E-state index contributed by atoms with van der Waals surface area (Å²) in [7, 11) is 0. The summed E-state index contributed by atoms with van der Waals surface area (Å²) in [4.78, 5) is 32.3. The van der Waals surface area contributed by atoms with E-state index < -0.39 is 4.92 Å². The van der Waals surface area contributed by atoms with Gasteiger partial charge in [-0.15, -0.1) is 5.10 Å². The summed E-state index contributed by atoms with van der Waals surface area (Å²) >= 11 is 1.18. The molecule has 0 atom stereocenters. The number of aromatic nitrogens is 4. The lowest BCUT2D eigenvalue weighted by molar-refractivity contribution is -0.384. The molecular weight excluding hydrogens is 406 g/mol. The predicted molar refractivity (Wildman–Crippen MR) is 110 cm³/mol. The second kappa shape index (κ2) is 7.01. The molecule has 5 aromatic rings. The first kappa shape index (κ1) is 17.9. The lowest BCUT2D eigenvalue weighted by Gasteiger charge is -1.98. The first-order valence-corrected chi connectivity index (χ1v) is 9.57. The van der Waals surface area contributed by atoms with Gasteiger partial charge in [-0.1, -0.05) is 23.5 Å². The van der Waals surface area contributed by atoms with Crippen LogP contribution in [0.25, 0.3) is 33.7 Å². The minimum Gasteiger partial charge on any atom is -0.456 e. The monoisotopic (exact) mass is 417 g/mol. The maximum absolute atomic E-state index is 12.7. The molecule has 4 heterocycles. The molecule has 0 N–H and O–H groups in total. The zero-order valence-electron chi connectivity index (χ0n) is 15.1. The summed E-state index contributed by atoms with van der Waals surface area (Å²) in [6, 6.07) is 13.1. The van der Waals surface area contributed by atoms with Crippen LogP contribution in [-0.4, -0.2) is 24.5 Å². The number of para-hydroxylation sites is 1. The maximum Gasteiger partial charge on any atom is 0.291 e. The average Bonchev–Trinajstić information content (AvgIpc) is 3.46. The largest absolute Gasteiger partial charge is 0.456 e. The van der Waals surface area contributed by atoms with E-state index in [-0.39, 0.29) is 11.2 Å². The second-order valence-electron chi connectivity index (χ2n) is 6.26. The van der Waals surface area contributed by atoms with Crippen LogP contribution in [0.3, 0.4) is 0 Å². The van der Waals surface area contributed by atoms with Crippen LogP contribution < -0.4 is 10.1 Å². The van der Waals surface area contributed by atoms with Gasteiger partial charge >= 0.3 is 0 Å². The van der Waals surface area contributed by atoms with Crippen molar-refractivity contribution < 1.29 is 9.34 Å². The van der Waals surface area contributed by atoms with Crippen LogP contribution in [0.1, 0.15) is 5.76 Å². The fourth-order valence-corrected chi connectivity index (χ4v) is 3.89. The van der Waals surface area contributed by atoms with Gasteiger partial charge in [0.05, 0.1) is 10.5 Å². The summed E-state index contributed by atoms with van der Waals surface area (Å²) < 4.78 is 7.38. The van der Waals surface area contributed by atoms with Crippen LogP contribution in [0.4, 0.5) is 5.69 Å². The second-order valence-corrected chi connectivity index (χ2v) is 7.27. The SMILES string of the molecule is O=c1c(=Cc2ccc(-c3ccccc3[N+](=O)[O-])o2)sc2nc(-c3ccncc3)nn12. The van der Waals surface area contributed by atoms with Crippen molar-refractivity contribution in [2.24, 2.45) is 0 Å². The van der Waals surface area contributed by atoms with Crippen molar-refractivity contribution in [3.05, 3.63) is 91.7 Å². The van der Waals surface area contributed by atoms with Crippen molar-refractivity contribution in [3.63, 3.8) is 0 Å². The molecule has 4 aromatic heterocycles. The number of furan rings is 1. The van der Waals surface area contributed by atoms with Crippen molar-refractivity contribution in [1.29, 1.82) is 0 Å². The fourth-order valence-electron chi connectivity index (χ4n) is 3.00. The molecule has 0 bridgehead atoms. The number of fused-ring (bicyclic) bond motifs is 1. The Labute approximate surface area is 171 Å². The summed E-state index contributed by atoms with van der Waals surface area (Å²) in [5, 5.41) is 15.5. The Bertz CT molecular complexity index is 1500. The quantitative estimate of drug-likeness (QED) is 0.326. The summed E-state index contributed by atoms with van der Waals surface area (Å²) in [6.45, 7) is 0. The van der Waals surface area contributed by atoms with Crippen molar-refractivity contribution in [1.82, 2.24) is 19.6 Å². The van der Waals surface area contributed by atoms with E-state index >= 15 is 0 Å². The van der Waals surface area contributed by atoms with E-state index in [9.17, 15) is 14.9 Å². The molecule has 0 unspecified atom stereocenters. The van der Waals surface area contributed by atoms with Gasteiger partial charge in [0.15, 0.2) is 5.82 Å². The van der Waals surface area contributed by atoms with Crippen LogP contribution in [0, 0.1) is 10.1 Å². The van der Waals surface area contributed by atoms with E-state index in [0.29, 0.717) is 32.4 Å². The third-order valence-corrected chi connectivity index (χ3v) is 5.35. The highest BCUT2D eigenvalue weighted by Gasteiger charge is 2.17. The third kappa shape index (κ3) is 3.05. The van der Waals surface area contributed by atoms with Crippen LogP contribution >= 0.6 is 11.3 Å². The summed E-state index contributed by atoms with van der Waals surface area (Å²) in [5.74, 6) is 1.20. The van der Waals surface area contributed by atoms with E-state index in [0.717, 1.165) is 5.56 Å². The normalized spacial score (nSPS) is 11.9. The lowest BCUT2D eigenvalue weighted by Crippen LogP contribution is -2.23. The zero-order chi connectivity index (χ0) is 20.7. The van der Waals surface area contributed by atoms with Gasteiger partial charge in [0.2, 0.25) is 4.96 Å². The molecule has 0 aliphatic rings. The van der Waals surface area contributed by atoms with E-state index in [2.05, 4.69) is 15.1 Å². The van der Waals surface area contributed by atoms with Crippen LogP contribution in [0.5, 0.6) is 0 Å². The molecule has 1 aromatic carbocycles. The number of rotatable bonds is 4. The molecule has 146 valence electrons. The number of nitrogens with zero attached hydrogens (tertiary/aromatic N) is 5. The molecule has 0 saturated carbocycles. The average molecular weight is 417 g/mol. The van der Waals surface area contributed by atoms with Crippen LogP contribution in [0.15, 0.2) is 70.1 Å². The van der Waals surface area contributed by atoms with Gasteiger partial charge in [-0.2, -0.15) is 9.50 Å². The smallest absolute Gasteiger partial charge is 0.291 e. The lowest BCUT2D eigenvalue weighted by atomic mass is 10.1. The molecule has 0 aliphatic heterocycles. The highest BCUT2D eigenvalue weighted by molar-refractivity contribution is 7.15. The Hall–Kier alpha value is -4.18. The highest BCUT2D eigenvalue weighted by Crippen LogP contribution is 2.31. The fraction of sp³-hybridized carbons (Fsp3) is 0. The first-order chi connectivity index (χ1) is 14.6. The predicted octanol–water partition coefficient (Wildman–Crippen LogP) is 2.93. The molecule has 9 nitrogen and oxygen atoms in total. The molecule has 0 aliphatic carbocycles. The molecule has 5 rings (SSSR count). The number of hydrogen-bond donors (Lipinski definition) is 0. The van der Waals surface area contributed by atoms with Gasteiger partial charge < -0.3 is 4.42 Å². The van der Waals surface area contributed by atoms with Gasteiger partial charge in [-0.05, 0) is 30.3 Å². The topological polar surface area (TPSA) is 116 Å². The number of thiazole rings is 1. The van der Waals surface area contributed by atoms with Crippen molar-refractivity contribution >= 4 is 28.1 Å². The van der Waals surface area contributed by atoms with E-state index in [1.54, 1.807) is 60.9 Å². The minimum atomic E-state index is -0.461. The van der Waals surface area contributed by atoms with Crippen molar-refractivity contribution in [2.75, 3.05) is 0 Å². The van der Waals surface area contributed by atoms with Crippen molar-refractivity contribution in [3.8, 4) is 22.7 Å². The molecule has 10 heteroatoms. The van der Waals surface area contributed by atoms with E-state index in [1.807, 2.05) is 0 Å². The Morgan fingerprint density at radius 3 is 2.67 bits per heavy atom. The minimum absolute atomic E-state index is 0.0506. The van der Waals surface area contributed by atoms with E-state index in [1.165, 1.54) is 21.9 Å². The number of benzene rings is 1. The Morgan fingerprint density at radius 2 is 1.90 bits per heavy atom. The maximum atomic E-state index is 12.7. The first-order valence-electron chi connectivity index (χ1n) is 8.75. The Kier molecular flexibility index (Phi) is 4.18. The van der Waals surface area contributed by atoms with Gasteiger partial charge in [0.25, 0.3) is 11.2 Å². The van der Waals surface area contributed by atoms with Gasteiger partial charge in [-0.3, -0.25) is 19.9 Å². The van der Waals surface area contributed by atoms with Crippen molar-refractivity contribution in [2.45, 2.75) is 0 Å². The molecule has 0 saturated heterocycles. The van der Waals surface area contributed by atoms with Crippen LogP contribution in [0.2, 0.25) is 0 Å². The standard InChI is InChI=1S/C20H11N5O4S/c26-19-17(30-20-22-18(23-24(19)20)12-7-9-21-10-8-12)11-13-5-6-16(29-13)14-3-1-2-4-15(14)25(27)28/h1-11H. The van der Waals surface area contributed by atoms with Gasteiger partial charge in [-0.25, -0.2) is 0 Å². The molecular formula is C20H11N5O4S. The molecule has 0 fully saturated rings. The third-order valence-electron chi connectivity index (χ3n) is 4.39. The zero-order valence-corrected chi connectivity index (χ0v) is 15.9.